The van der Waals surface area contributed by atoms with Crippen LogP contribution >= 0.6 is 0 Å². The number of carbonyl (C=O) groups is 1. The summed E-state index contributed by atoms with van der Waals surface area (Å²) in [6.07, 6.45) is 0.821. The van der Waals surface area contributed by atoms with Crippen LogP contribution in [0.1, 0.15) is 28.7 Å². The fourth-order valence-corrected chi connectivity index (χ4v) is 1.92. The number of ether oxygens (including phenoxy) is 2. The highest BCUT2D eigenvalue weighted by Crippen LogP contribution is 2.13. The Morgan fingerprint density at radius 1 is 1.32 bits per heavy atom. The van der Waals surface area contributed by atoms with Crippen molar-refractivity contribution in [1.29, 1.82) is 0 Å². The van der Waals surface area contributed by atoms with E-state index in [4.69, 9.17) is 9.47 Å². The molecule has 0 radical (unpaired) electrons. The van der Waals surface area contributed by atoms with E-state index in [1.807, 2.05) is 31.2 Å². The van der Waals surface area contributed by atoms with Crippen molar-refractivity contribution in [2.24, 2.45) is 0 Å². The van der Waals surface area contributed by atoms with E-state index in [0.29, 0.717) is 25.5 Å². The minimum Gasteiger partial charge on any atom is -0.491 e. The molecular formula is C16H21N3O3. The molecule has 22 heavy (non-hydrogen) atoms. The van der Waals surface area contributed by atoms with Crippen molar-refractivity contribution in [3.63, 3.8) is 0 Å². The van der Waals surface area contributed by atoms with Crippen LogP contribution in [0.2, 0.25) is 0 Å². The fraction of sp³-hybridized carbons (Fsp3) is 0.375. The molecule has 1 amide bonds. The van der Waals surface area contributed by atoms with Gasteiger partial charge in [0.05, 0.1) is 6.61 Å². The zero-order valence-electron chi connectivity index (χ0n) is 12.9. The maximum absolute atomic E-state index is 12.0. The Kier molecular flexibility index (Phi) is 5.97. The molecule has 0 aliphatic heterocycles. The van der Waals surface area contributed by atoms with Crippen molar-refractivity contribution in [3.05, 3.63) is 47.3 Å². The number of H-pyrrole nitrogens is 1. The lowest BCUT2D eigenvalue weighted by Crippen LogP contribution is -2.23. The van der Waals surface area contributed by atoms with E-state index in [1.165, 1.54) is 0 Å². The van der Waals surface area contributed by atoms with Crippen LogP contribution in [0.15, 0.2) is 30.3 Å². The first kappa shape index (κ1) is 16.0. The van der Waals surface area contributed by atoms with E-state index in [9.17, 15) is 4.79 Å². The van der Waals surface area contributed by atoms with Gasteiger partial charge in [-0.3, -0.25) is 9.89 Å². The van der Waals surface area contributed by atoms with Crippen LogP contribution in [0.3, 0.4) is 0 Å². The number of benzene rings is 1. The maximum Gasteiger partial charge on any atom is 0.272 e. The summed E-state index contributed by atoms with van der Waals surface area (Å²) in [5.74, 6) is 0.568. The SMILES string of the molecule is CCc1cc(C(=O)NCc2cccc(OCCOC)c2)n[nH]1. The second-order valence-corrected chi connectivity index (χ2v) is 4.80. The van der Waals surface area contributed by atoms with Crippen molar-refractivity contribution in [2.45, 2.75) is 19.9 Å². The van der Waals surface area contributed by atoms with E-state index in [-0.39, 0.29) is 5.91 Å². The van der Waals surface area contributed by atoms with Gasteiger partial charge in [0.2, 0.25) is 0 Å². The van der Waals surface area contributed by atoms with Gasteiger partial charge in [0.15, 0.2) is 0 Å². The van der Waals surface area contributed by atoms with Gasteiger partial charge in [0.25, 0.3) is 5.91 Å². The van der Waals surface area contributed by atoms with Crippen molar-refractivity contribution in [2.75, 3.05) is 20.3 Å². The summed E-state index contributed by atoms with van der Waals surface area (Å²) in [5.41, 5.74) is 2.32. The zero-order valence-corrected chi connectivity index (χ0v) is 12.9. The first-order valence-corrected chi connectivity index (χ1v) is 7.26. The van der Waals surface area contributed by atoms with Gasteiger partial charge in [-0.05, 0) is 30.2 Å². The van der Waals surface area contributed by atoms with Gasteiger partial charge in [-0.25, -0.2) is 0 Å². The largest absolute Gasteiger partial charge is 0.491 e. The Labute approximate surface area is 129 Å². The average molecular weight is 303 g/mol. The Hall–Kier alpha value is -2.34. The quantitative estimate of drug-likeness (QED) is 0.731. The first-order valence-electron chi connectivity index (χ1n) is 7.26. The second-order valence-electron chi connectivity index (χ2n) is 4.80. The van der Waals surface area contributed by atoms with Crippen molar-refractivity contribution >= 4 is 5.91 Å². The van der Waals surface area contributed by atoms with Gasteiger partial charge >= 0.3 is 0 Å². The number of nitrogens with zero attached hydrogens (tertiary/aromatic N) is 1. The standard InChI is InChI=1S/C16H21N3O3/c1-3-13-10-15(19-18-13)16(20)17-11-12-5-4-6-14(9-12)22-8-7-21-2/h4-6,9-10H,3,7-8,11H2,1-2H3,(H,17,20)(H,18,19). The highest BCUT2D eigenvalue weighted by atomic mass is 16.5. The number of aromatic nitrogens is 2. The van der Waals surface area contributed by atoms with E-state index in [0.717, 1.165) is 23.4 Å². The third-order valence-corrected chi connectivity index (χ3v) is 3.15. The number of methoxy groups -OCH3 is 1. The molecule has 6 nitrogen and oxygen atoms in total. The molecule has 0 fully saturated rings. The molecule has 0 saturated heterocycles. The summed E-state index contributed by atoms with van der Waals surface area (Å²) < 4.78 is 10.5. The molecule has 2 N–H and O–H groups in total. The van der Waals surface area contributed by atoms with E-state index in [2.05, 4.69) is 15.5 Å². The number of nitrogens with one attached hydrogen (secondary N) is 2. The Balaban J connectivity index is 1.88. The maximum atomic E-state index is 12.0. The number of amides is 1. The molecule has 1 heterocycles. The average Bonchev–Trinajstić information content (AvgIpc) is 3.02. The highest BCUT2D eigenvalue weighted by molar-refractivity contribution is 5.92. The van der Waals surface area contributed by atoms with E-state index < -0.39 is 0 Å². The van der Waals surface area contributed by atoms with Crippen LogP contribution in [-0.4, -0.2) is 36.4 Å². The highest BCUT2D eigenvalue weighted by Gasteiger charge is 2.09. The second kappa shape index (κ2) is 8.19. The van der Waals surface area contributed by atoms with Gasteiger partial charge in [0, 0.05) is 19.3 Å². The van der Waals surface area contributed by atoms with Crippen LogP contribution in [0.5, 0.6) is 5.75 Å². The third-order valence-electron chi connectivity index (χ3n) is 3.15. The lowest BCUT2D eigenvalue weighted by atomic mass is 10.2. The molecule has 0 aliphatic carbocycles. The number of rotatable bonds is 8. The van der Waals surface area contributed by atoms with Gasteiger partial charge in [-0.2, -0.15) is 5.10 Å². The minimum absolute atomic E-state index is 0.193. The Morgan fingerprint density at radius 3 is 2.91 bits per heavy atom. The zero-order chi connectivity index (χ0) is 15.8. The molecule has 0 bridgehead atoms. The normalized spacial score (nSPS) is 10.5. The molecule has 0 atom stereocenters. The summed E-state index contributed by atoms with van der Waals surface area (Å²) in [6.45, 7) is 3.47. The number of aryl methyl sites for hydroxylation is 1. The van der Waals surface area contributed by atoms with Crippen LogP contribution in [0, 0.1) is 0 Å². The predicted octanol–water partition coefficient (Wildman–Crippen LogP) is 1.93. The monoisotopic (exact) mass is 303 g/mol. The van der Waals surface area contributed by atoms with Gasteiger partial charge < -0.3 is 14.8 Å². The van der Waals surface area contributed by atoms with E-state index >= 15 is 0 Å². The summed E-state index contributed by atoms with van der Waals surface area (Å²) >= 11 is 0. The van der Waals surface area contributed by atoms with Crippen LogP contribution in [-0.2, 0) is 17.7 Å². The van der Waals surface area contributed by atoms with Gasteiger partial charge in [-0.15, -0.1) is 0 Å². The molecule has 2 aromatic rings. The number of hydrogen-bond acceptors (Lipinski definition) is 4. The lowest BCUT2D eigenvalue weighted by molar-refractivity contribution is 0.0946. The number of carbonyl (C=O) groups excluding carboxylic acids is 1. The molecule has 0 aliphatic rings. The summed E-state index contributed by atoms with van der Waals surface area (Å²) in [4.78, 5) is 12.0. The van der Waals surface area contributed by atoms with Crippen molar-refractivity contribution in [1.82, 2.24) is 15.5 Å². The van der Waals surface area contributed by atoms with Gasteiger partial charge in [0.1, 0.15) is 18.1 Å². The molecule has 0 saturated carbocycles. The minimum atomic E-state index is -0.193. The smallest absolute Gasteiger partial charge is 0.272 e. The Bertz CT molecular complexity index is 610. The third kappa shape index (κ3) is 4.60. The van der Waals surface area contributed by atoms with Crippen LogP contribution in [0.25, 0.3) is 0 Å². The molecule has 1 aromatic heterocycles. The Morgan fingerprint density at radius 2 is 2.18 bits per heavy atom. The summed E-state index contributed by atoms with van der Waals surface area (Å²) in [6, 6.07) is 9.37. The van der Waals surface area contributed by atoms with Crippen molar-refractivity contribution < 1.29 is 14.3 Å². The molecular weight excluding hydrogens is 282 g/mol. The fourth-order valence-electron chi connectivity index (χ4n) is 1.92. The van der Waals surface area contributed by atoms with Crippen molar-refractivity contribution in [3.8, 4) is 5.75 Å². The molecule has 6 heteroatoms. The summed E-state index contributed by atoms with van der Waals surface area (Å²) in [5, 5.41) is 9.67. The number of hydrogen-bond donors (Lipinski definition) is 2. The molecule has 2 rings (SSSR count). The molecule has 0 unspecified atom stereocenters. The predicted molar refractivity (Wildman–Crippen MR) is 82.9 cm³/mol. The van der Waals surface area contributed by atoms with Crippen LogP contribution in [0.4, 0.5) is 0 Å². The topological polar surface area (TPSA) is 76.2 Å². The molecule has 118 valence electrons. The molecule has 0 spiro atoms. The van der Waals surface area contributed by atoms with Gasteiger partial charge in [-0.1, -0.05) is 19.1 Å². The lowest BCUT2D eigenvalue weighted by Gasteiger charge is -2.08. The van der Waals surface area contributed by atoms with E-state index in [1.54, 1.807) is 13.2 Å². The number of aromatic amines is 1. The first-order chi connectivity index (χ1) is 10.7. The van der Waals surface area contributed by atoms with Crippen LogP contribution < -0.4 is 10.1 Å². The summed E-state index contributed by atoms with van der Waals surface area (Å²) in [7, 11) is 1.63. The molecule has 1 aromatic carbocycles.